The van der Waals surface area contributed by atoms with Gasteiger partial charge in [0.25, 0.3) is 0 Å². The van der Waals surface area contributed by atoms with Gasteiger partial charge in [0.15, 0.2) is 0 Å². The van der Waals surface area contributed by atoms with Crippen LogP contribution in [0.5, 0.6) is 0 Å². The predicted octanol–water partition coefficient (Wildman–Crippen LogP) is 0.873. The van der Waals surface area contributed by atoms with Gasteiger partial charge in [0.2, 0.25) is 5.91 Å². The number of anilines is 2. The van der Waals surface area contributed by atoms with E-state index in [0.29, 0.717) is 25.4 Å². The van der Waals surface area contributed by atoms with Gasteiger partial charge in [-0.2, -0.15) is 8.42 Å². The van der Waals surface area contributed by atoms with Crippen molar-refractivity contribution < 1.29 is 17.9 Å². The van der Waals surface area contributed by atoms with Crippen LogP contribution in [-0.4, -0.2) is 46.7 Å². The molecule has 1 N–H and O–H groups in total. The van der Waals surface area contributed by atoms with Crippen molar-refractivity contribution in [1.29, 1.82) is 0 Å². The standard InChI is InChI=1S/C16H21N3O4S/c20-16(12-7-10-23-11-12)17-8-9-18-14-3-1-2-4-15(14)19(13-5-6-13)24(18,21)22/h1-4,12-13H,5-11H2,(H,17,20)/t12-/m1/s1. The van der Waals surface area contributed by atoms with Gasteiger partial charge in [0, 0.05) is 19.2 Å². The van der Waals surface area contributed by atoms with Crippen LogP contribution in [-0.2, 0) is 19.7 Å². The van der Waals surface area contributed by atoms with Crippen LogP contribution in [0.3, 0.4) is 0 Å². The van der Waals surface area contributed by atoms with E-state index >= 15 is 0 Å². The maximum Gasteiger partial charge on any atom is 0.326 e. The van der Waals surface area contributed by atoms with E-state index in [1.807, 2.05) is 24.3 Å². The van der Waals surface area contributed by atoms with Crippen LogP contribution < -0.4 is 13.9 Å². The number of ether oxygens (including phenoxy) is 1. The second-order valence-corrected chi connectivity index (χ2v) is 8.18. The van der Waals surface area contributed by atoms with Gasteiger partial charge in [-0.05, 0) is 31.4 Å². The molecule has 1 saturated carbocycles. The molecule has 0 bridgehead atoms. The Labute approximate surface area is 141 Å². The molecule has 4 rings (SSSR count). The van der Waals surface area contributed by atoms with Gasteiger partial charge < -0.3 is 10.1 Å². The summed E-state index contributed by atoms with van der Waals surface area (Å²) in [4.78, 5) is 12.0. The van der Waals surface area contributed by atoms with E-state index in [9.17, 15) is 13.2 Å². The van der Waals surface area contributed by atoms with Crippen molar-refractivity contribution in [3.63, 3.8) is 0 Å². The van der Waals surface area contributed by atoms with Crippen molar-refractivity contribution in [2.45, 2.75) is 25.3 Å². The number of benzene rings is 1. The first-order valence-electron chi connectivity index (χ1n) is 8.35. The average Bonchev–Trinajstić information content (AvgIpc) is 3.16. The third-order valence-corrected chi connectivity index (χ3v) is 6.64. The number of fused-ring (bicyclic) bond motifs is 1. The number of nitrogens with one attached hydrogen (secondary N) is 1. The molecule has 24 heavy (non-hydrogen) atoms. The van der Waals surface area contributed by atoms with Crippen molar-refractivity contribution in [3.05, 3.63) is 24.3 Å². The van der Waals surface area contributed by atoms with Crippen LogP contribution in [0.1, 0.15) is 19.3 Å². The van der Waals surface area contributed by atoms with E-state index in [4.69, 9.17) is 4.74 Å². The van der Waals surface area contributed by atoms with Gasteiger partial charge in [-0.15, -0.1) is 0 Å². The van der Waals surface area contributed by atoms with Gasteiger partial charge in [-0.1, -0.05) is 12.1 Å². The third kappa shape index (κ3) is 2.63. The maximum absolute atomic E-state index is 12.9. The highest BCUT2D eigenvalue weighted by Crippen LogP contribution is 2.46. The van der Waals surface area contributed by atoms with Crippen molar-refractivity contribution in [2.24, 2.45) is 5.92 Å². The van der Waals surface area contributed by atoms with Crippen molar-refractivity contribution in [1.82, 2.24) is 5.32 Å². The number of amides is 1. The lowest BCUT2D eigenvalue weighted by molar-refractivity contribution is -0.124. The van der Waals surface area contributed by atoms with E-state index in [-0.39, 0.29) is 24.4 Å². The first-order valence-corrected chi connectivity index (χ1v) is 9.75. The third-order valence-electron chi connectivity index (χ3n) is 4.71. The van der Waals surface area contributed by atoms with E-state index < -0.39 is 10.2 Å². The summed E-state index contributed by atoms with van der Waals surface area (Å²) in [6, 6.07) is 7.44. The van der Waals surface area contributed by atoms with E-state index in [1.54, 1.807) is 0 Å². The lowest BCUT2D eigenvalue weighted by atomic mass is 10.1. The fraction of sp³-hybridized carbons (Fsp3) is 0.562. The summed E-state index contributed by atoms with van der Waals surface area (Å²) < 4.78 is 33.9. The highest BCUT2D eigenvalue weighted by molar-refractivity contribution is 7.94. The molecule has 0 aromatic heterocycles. The normalized spacial score (nSPS) is 24.9. The van der Waals surface area contributed by atoms with Crippen molar-refractivity contribution in [3.8, 4) is 0 Å². The topological polar surface area (TPSA) is 79.0 Å². The molecule has 2 fully saturated rings. The lowest BCUT2D eigenvalue weighted by Gasteiger charge is -2.22. The Balaban J connectivity index is 1.47. The van der Waals surface area contributed by atoms with E-state index in [0.717, 1.165) is 24.9 Å². The second-order valence-electron chi connectivity index (χ2n) is 6.45. The summed E-state index contributed by atoms with van der Waals surface area (Å²) in [6.45, 7) is 1.59. The van der Waals surface area contributed by atoms with E-state index in [1.165, 1.54) is 8.61 Å². The summed E-state index contributed by atoms with van der Waals surface area (Å²) in [5.41, 5.74) is 1.44. The summed E-state index contributed by atoms with van der Waals surface area (Å²) in [6.07, 6.45) is 2.53. The van der Waals surface area contributed by atoms with Crippen LogP contribution in [0, 0.1) is 5.92 Å². The molecule has 7 nitrogen and oxygen atoms in total. The lowest BCUT2D eigenvalue weighted by Crippen LogP contribution is -2.43. The molecular weight excluding hydrogens is 330 g/mol. The summed E-state index contributed by atoms with van der Waals surface area (Å²) in [5.74, 6) is -0.174. The molecule has 1 aliphatic carbocycles. The Hall–Kier alpha value is -1.80. The van der Waals surface area contributed by atoms with Crippen LogP contribution in [0.25, 0.3) is 0 Å². The Kier molecular flexibility index (Phi) is 3.88. The first-order chi connectivity index (χ1) is 11.6. The minimum atomic E-state index is -3.55. The van der Waals surface area contributed by atoms with E-state index in [2.05, 4.69) is 5.32 Å². The fourth-order valence-corrected chi connectivity index (χ4v) is 5.24. The largest absolute Gasteiger partial charge is 0.381 e. The van der Waals surface area contributed by atoms with Crippen LogP contribution >= 0.6 is 0 Å². The molecule has 1 aromatic carbocycles. The highest BCUT2D eigenvalue weighted by atomic mass is 32.2. The summed E-state index contributed by atoms with van der Waals surface area (Å²) in [7, 11) is -3.55. The SMILES string of the molecule is O=C(NCCN1c2ccccc2N(C2CC2)S1(=O)=O)[C@@H]1CCOC1. The molecule has 0 unspecified atom stereocenters. The number of rotatable bonds is 5. The molecular formula is C16H21N3O4S. The molecule has 1 aromatic rings. The van der Waals surface area contributed by atoms with Crippen molar-refractivity contribution >= 4 is 27.5 Å². The van der Waals surface area contributed by atoms with Crippen LogP contribution in [0.4, 0.5) is 11.4 Å². The van der Waals surface area contributed by atoms with Gasteiger partial charge >= 0.3 is 10.2 Å². The van der Waals surface area contributed by atoms with Gasteiger partial charge in [0.1, 0.15) is 0 Å². The van der Waals surface area contributed by atoms with Gasteiger partial charge in [0.05, 0.1) is 30.4 Å². The summed E-state index contributed by atoms with van der Waals surface area (Å²) >= 11 is 0. The molecule has 1 atom stereocenters. The number of carbonyl (C=O) groups is 1. The molecule has 8 heteroatoms. The number of nitrogens with zero attached hydrogens (tertiary/aromatic N) is 2. The zero-order valence-electron chi connectivity index (χ0n) is 13.3. The smallest absolute Gasteiger partial charge is 0.326 e. The zero-order valence-corrected chi connectivity index (χ0v) is 14.2. The molecule has 3 aliphatic rings. The molecule has 0 radical (unpaired) electrons. The Morgan fingerprint density at radius 2 is 1.96 bits per heavy atom. The van der Waals surface area contributed by atoms with Crippen LogP contribution in [0.15, 0.2) is 24.3 Å². The minimum Gasteiger partial charge on any atom is -0.381 e. The Bertz CT molecular complexity index is 741. The quantitative estimate of drug-likeness (QED) is 0.854. The molecule has 130 valence electrons. The first kappa shape index (κ1) is 15.7. The number of para-hydroxylation sites is 2. The Morgan fingerprint density at radius 3 is 2.62 bits per heavy atom. The van der Waals surface area contributed by atoms with Crippen molar-refractivity contribution in [2.75, 3.05) is 34.9 Å². The minimum absolute atomic E-state index is 0.0589. The predicted molar refractivity (Wildman–Crippen MR) is 90.1 cm³/mol. The zero-order chi connectivity index (χ0) is 16.7. The molecule has 1 saturated heterocycles. The summed E-state index contributed by atoms with van der Waals surface area (Å²) in [5, 5.41) is 2.84. The maximum atomic E-state index is 12.9. The van der Waals surface area contributed by atoms with Gasteiger partial charge in [-0.25, -0.2) is 8.61 Å². The Morgan fingerprint density at radius 1 is 1.21 bits per heavy atom. The molecule has 2 heterocycles. The average molecular weight is 351 g/mol. The monoisotopic (exact) mass is 351 g/mol. The molecule has 0 spiro atoms. The molecule has 2 aliphatic heterocycles. The fourth-order valence-electron chi connectivity index (χ4n) is 3.31. The van der Waals surface area contributed by atoms with Gasteiger partial charge in [-0.3, -0.25) is 4.79 Å². The number of hydrogen-bond acceptors (Lipinski definition) is 4. The molecule has 1 amide bonds. The van der Waals surface area contributed by atoms with Crippen LogP contribution in [0.2, 0.25) is 0 Å². The number of carbonyl (C=O) groups excluding carboxylic acids is 1. The number of hydrogen-bond donors (Lipinski definition) is 1. The highest BCUT2D eigenvalue weighted by Gasteiger charge is 2.47. The second kappa shape index (κ2) is 5.93.